The van der Waals surface area contributed by atoms with Crippen LogP contribution in [0.1, 0.15) is 37.1 Å². The molecule has 3 N–H and O–H groups in total. The maximum absolute atomic E-state index is 14.8. The number of anilines is 2. The van der Waals surface area contributed by atoms with E-state index in [0.29, 0.717) is 18.5 Å². The second kappa shape index (κ2) is 9.68. The van der Waals surface area contributed by atoms with Gasteiger partial charge in [0.1, 0.15) is 29.6 Å². The lowest BCUT2D eigenvalue weighted by molar-refractivity contribution is -0.124. The number of nitriles is 1. The standard InChI is InChI=1S/C23H19F2N7O3/c1-13(30-21(33)23(4-5-23)32-22(34)35-17-10-27-12-28-11-17)20-18(25)7-16(9-29-20)31-19-3-2-15(24)6-14(19)8-26/h2-3,6-7,9-13,31H,4-5H2,1H3,(H,30,33)(H,32,34). The number of hydrogen-bond acceptors (Lipinski definition) is 8. The quantitative estimate of drug-likeness (QED) is 0.469. The number of halogens is 2. The highest BCUT2D eigenvalue weighted by Gasteiger charge is 2.52. The molecule has 1 saturated carbocycles. The monoisotopic (exact) mass is 479 g/mol. The molecule has 1 aliphatic carbocycles. The summed E-state index contributed by atoms with van der Waals surface area (Å²) in [6.45, 7) is 1.56. The fourth-order valence-electron chi connectivity index (χ4n) is 3.31. The Morgan fingerprint density at radius 3 is 2.57 bits per heavy atom. The normalized spacial score (nSPS) is 14.2. The lowest BCUT2D eigenvalue weighted by Crippen LogP contribution is -2.50. The topological polar surface area (TPSA) is 142 Å². The Morgan fingerprint density at radius 1 is 1.17 bits per heavy atom. The molecule has 178 valence electrons. The molecule has 12 heteroatoms. The molecule has 1 atom stereocenters. The molecule has 2 aromatic heterocycles. The second-order valence-electron chi connectivity index (χ2n) is 7.88. The molecule has 0 saturated heterocycles. The van der Waals surface area contributed by atoms with Gasteiger partial charge in [-0.2, -0.15) is 5.26 Å². The lowest BCUT2D eigenvalue weighted by atomic mass is 10.1. The molecule has 3 aromatic rings. The molecule has 0 radical (unpaired) electrons. The maximum atomic E-state index is 14.8. The first kappa shape index (κ1) is 23.5. The van der Waals surface area contributed by atoms with Crippen LogP contribution in [0.2, 0.25) is 0 Å². The van der Waals surface area contributed by atoms with Crippen molar-refractivity contribution in [1.29, 1.82) is 5.26 Å². The van der Waals surface area contributed by atoms with E-state index in [1.54, 1.807) is 6.92 Å². The third-order valence-corrected chi connectivity index (χ3v) is 5.28. The van der Waals surface area contributed by atoms with Crippen molar-refractivity contribution in [2.24, 2.45) is 0 Å². The SMILES string of the molecule is CC(NC(=O)C1(NC(=O)Oc2cncnc2)CC1)c1ncc(Nc2ccc(F)cc2C#N)cc1F. The van der Waals surface area contributed by atoms with E-state index >= 15 is 0 Å². The molecule has 0 bridgehead atoms. The minimum absolute atomic E-state index is 0.0247. The van der Waals surface area contributed by atoms with Crippen molar-refractivity contribution in [3.63, 3.8) is 0 Å². The number of nitrogens with one attached hydrogen (secondary N) is 3. The third kappa shape index (κ3) is 5.47. The van der Waals surface area contributed by atoms with Crippen molar-refractivity contribution in [3.8, 4) is 11.8 Å². The smallest absolute Gasteiger partial charge is 0.407 e. The minimum atomic E-state index is -1.16. The second-order valence-corrected chi connectivity index (χ2v) is 7.88. The summed E-state index contributed by atoms with van der Waals surface area (Å²) in [5.74, 6) is -1.65. The highest BCUT2D eigenvalue weighted by atomic mass is 19.1. The van der Waals surface area contributed by atoms with Gasteiger partial charge in [0.05, 0.1) is 47.3 Å². The number of nitrogens with zero attached hydrogens (tertiary/aromatic N) is 4. The van der Waals surface area contributed by atoms with E-state index in [4.69, 9.17) is 10.00 Å². The van der Waals surface area contributed by atoms with Gasteiger partial charge in [0.15, 0.2) is 5.75 Å². The van der Waals surface area contributed by atoms with E-state index in [9.17, 15) is 18.4 Å². The molecule has 2 heterocycles. The Balaban J connectivity index is 1.39. The van der Waals surface area contributed by atoms with Crippen LogP contribution in [-0.4, -0.2) is 32.5 Å². The predicted octanol–water partition coefficient (Wildman–Crippen LogP) is 3.26. The molecule has 0 aliphatic heterocycles. The van der Waals surface area contributed by atoms with Crippen LogP contribution >= 0.6 is 0 Å². The van der Waals surface area contributed by atoms with E-state index < -0.39 is 35.2 Å². The van der Waals surface area contributed by atoms with Crippen molar-refractivity contribution < 1.29 is 23.1 Å². The molecular formula is C23H19F2N7O3. The van der Waals surface area contributed by atoms with Crippen LogP contribution in [0.3, 0.4) is 0 Å². The predicted molar refractivity (Wildman–Crippen MR) is 118 cm³/mol. The Kier molecular flexibility index (Phi) is 6.50. The van der Waals surface area contributed by atoms with Gasteiger partial charge in [-0.05, 0) is 38.0 Å². The van der Waals surface area contributed by atoms with Crippen LogP contribution in [-0.2, 0) is 4.79 Å². The van der Waals surface area contributed by atoms with Crippen LogP contribution in [0.5, 0.6) is 5.75 Å². The fraction of sp³-hybridized carbons (Fsp3) is 0.217. The molecule has 35 heavy (non-hydrogen) atoms. The van der Waals surface area contributed by atoms with E-state index in [1.807, 2.05) is 6.07 Å². The molecule has 1 unspecified atom stereocenters. The van der Waals surface area contributed by atoms with Crippen LogP contribution in [0, 0.1) is 23.0 Å². The van der Waals surface area contributed by atoms with Gasteiger partial charge in [-0.15, -0.1) is 0 Å². The van der Waals surface area contributed by atoms with Gasteiger partial charge in [0, 0.05) is 6.07 Å². The molecule has 2 amide bonds. The van der Waals surface area contributed by atoms with E-state index in [-0.39, 0.29) is 22.7 Å². The van der Waals surface area contributed by atoms with Gasteiger partial charge in [0.2, 0.25) is 5.91 Å². The molecule has 10 nitrogen and oxygen atoms in total. The summed E-state index contributed by atoms with van der Waals surface area (Å²) in [4.78, 5) is 36.5. The van der Waals surface area contributed by atoms with E-state index in [0.717, 1.165) is 12.1 Å². The van der Waals surface area contributed by atoms with E-state index in [2.05, 4.69) is 30.9 Å². The van der Waals surface area contributed by atoms with Gasteiger partial charge in [-0.1, -0.05) is 0 Å². The van der Waals surface area contributed by atoms with Crippen molar-refractivity contribution in [2.75, 3.05) is 5.32 Å². The molecule has 0 spiro atoms. The Hall–Kier alpha value is -4.66. The number of benzene rings is 1. The van der Waals surface area contributed by atoms with Gasteiger partial charge in [-0.25, -0.2) is 23.5 Å². The van der Waals surface area contributed by atoms with Crippen molar-refractivity contribution >= 4 is 23.4 Å². The summed E-state index contributed by atoms with van der Waals surface area (Å²) >= 11 is 0. The van der Waals surface area contributed by atoms with Crippen LogP contribution in [0.4, 0.5) is 25.0 Å². The highest BCUT2D eigenvalue weighted by molar-refractivity contribution is 5.93. The van der Waals surface area contributed by atoms with E-state index in [1.165, 1.54) is 37.1 Å². The minimum Gasteiger partial charge on any atom is -0.407 e. The zero-order valence-corrected chi connectivity index (χ0v) is 18.4. The number of amides is 2. The fourth-order valence-corrected chi connectivity index (χ4v) is 3.31. The average Bonchev–Trinajstić information content (AvgIpc) is 3.61. The molecule has 4 rings (SSSR count). The van der Waals surface area contributed by atoms with Gasteiger partial charge >= 0.3 is 6.09 Å². The van der Waals surface area contributed by atoms with Crippen molar-refractivity contribution in [3.05, 3.63) is 72.1 Å². The van der Waals surface area contributed by atoms with Gasteiger partial charge in [-0.3, -0.25) is 9.78 Å². The summed E-state index contributed by atoms with van der Waals surface area (Å²) in [6, 6.07) is 5.79. The molecular weight excluding hydrogens is 460 g/mol. The molecule has 1 fully saturated rings. The molecule has 1 aromatic carbocycles. The number of rotatable bonds is 7. The first-order chi connectivity index (χ1) is 16.8. The van der Waals surface area contributed by atoms with Crippen molar-refractivity contribution in [2.45, 2.75) is 31.3 Å². The third-order valence-electron chi connectivity index (χ3n) is 5.28. The number of ether oxygens (including phenoxy) is 1. The number of carbonyl (C=O) groups is 2. The van der Waals surface area contributed by atoms with Crippen LogP contribution in [0.25, 0.3) is 0 Å². The average molecular weight is 479 g/mol. The highest BCUT2D eigenvalue weighted by Crippen LogP contribution is 2.36. The Bertz CT molecular complexity index is 1310. The molecule has 1 aliphatic rings. The number of hydrogen-bond donors (Lipinski definition) is 3. The number of aromatic nitrogens is 3. The largest absolute Gasteiger partial charge is 0.413 e. The first-order valence-electron chi connectivity index (χ1n) is 10.5. The zero-order valence-electron chi connectivity index (χ0n) is 18.4. The summed E-state index contributed by atoms with van der Waals surface area (Å²) in [7, 11) is 0. The Labute approximate surface area is 198 Å². The summed E-state index contributed by atoms with van der Waals surface area (Å²) in [6.07, 6.45) is 5.17. The van der Waals surface area contributed by atoms with Crippen molar-refractivity contribution in [1.82, 2.24) is 25.6 Å². The first-order valence-corrected chi connectivity index (χ1v) is 10.5. The number of pyridine rings is 1. The van der Waals surface area contributed by atoms with Gasteiger partial charge < -0.3 is 20.7 Å². The summed E-state index contributed by atoms with van der Waals surface area (Å²) < 4.78 is 33.2. The summed E-state index contributed by atoms with van der Waals surface area (Å²) in [5, 5.41) is 17.2. The maximum Gasteiger partial charge on any atom is 0.413 e. The van der Waals surface area contributed by atoms with Gasteiger partial charge in [0.25, 0.3) is 0 Å². The zero-order chi connectivity index (χ0) is 25.0. The number of carbonyl (C=O) groups excluding carboxylic acids is 2. The van der Waals surface area contributed by atoms with Crippen LogP contribution < -0.4 is 20.7 Å². The summed E-state index contributed by atoms with van der Waals surface area (Å²) in [5.41, 5.74) is -0.602. The Morgan fingerprint density at radius 2 is 1.91 bits per heavy atom. The lowest BCUT2D eigenvalue weighted by Gasteiger charge is -2.21. The van der Waals surface area contributed by atoms with Crippen LogP contribution in [0.15, 0.2) is 49.2 Å².